The summed E-state index contributed by atoms with van der Waals surface area (Å²) in [6.07, 6.45) is 0. The van der Waals surface area contributed by atoms with Crippen LogP contribution in [-0.2, 0) is 6.54 Å². The first-order valence-corrected chi connectivity index (χ1v) is 26.8. The molecule has 8 nitrogen and oxygen atoms in total. The van der Waals surface area contributed by atoms with Crippen LogP contribution in [0.4, 0.5) is 4.39 Å². The van der Waals surface area contributed by atoms with Crippen LogP contribution in [0.1, 0.15) is 60.9 Å². The van der Waals surface area contributed by atoms with Gasteiger partial charge in [0.25, 0.3) is 0 Å². The summed E-state index contributed by atoms with van der Waals surface area (Å²) in [5, 5.41) is 10.4. The Hall–Kier alpha value is -4.95. The third-order valence-corrected chi connectivity index (χ3v) is 14.0. The highest BCUT2D eigenvalue weighted by Crippen LogP contribution is 2.37. The number of nitrogens with one attached hydrogen (secondary N) is 2. The molecule has 0 fully saturated rings. The predicted octanol–water partition coefficient (Wildman–Crippen LogP) is 19.4. The summed E-state index contributed by atoms with van der Waals surface area (Å²) in [6, 6.07) is 48.6. The molecule has 0 aromatic heterocycles. The lowest BCUT2D eigenvalue weighted by Gasteiger charge is -2.16. The van der Waals surface area contributed by atoms with Gasteiger partial charge in [0.15, 0.2) is 0 Å². The molecular weight excluding hydrogens is 1130 g/mol. The van der Waals surface area contributed by atoms with Gasteiger partial charge in [-0.2, -0.15) is 0 Å². The van der Waals surface area contributed by atoms with Gasteiger partial charge in [0.1, 0.15) is 51.8 Å². The first kappa shape index (κ1) is 61.9. The Bertz CT molecular complexity index is 3120. The highest BCUT2D eigenvalue weighted by Gasteiger charge is 2.15. The van der Waals surface area contributed by atoms with Gasteiger partial charge in [-0.3, -0.25) is 0 Å². The van der Waals surface area contributed by atoms with Crippen LogP contribution in [-0.4, -0.2) is 27.2 Å². The van der Waals surface area contributed by atoms with Crippen molar-refractivity contribution in [2.24, 2.45) is 11.5 Å². The molecule has 3 atom stereocenters. The Morgan fingerprint density at radius 3 is 1.33 bits per heavy atom. The highest BCUT2D eigenvalue weighted by molar-refractivity contribution is 6.43. The summed E-state index contributed by atoms with van der Waals surface area (Å²) in [7, 11) is 3.79. The van der Waals surface area contributed by atoms with Crippen molar-refractivity contribution in [2.75, 3.05) is 27.2 Å². The van der Waals surface area contributed by atoms with Gasteiger partial charge in [-0.25, -0.2) is 4.39 Å². The van der Waals surface area contributed by atoms with Crippen molar-refractivity contribution in [3.05, 3.63) is 232 Å². The Kier molecular flexibility index (Phi) is 25.6. The summed E-state index contributed by atoms with van der Waals surface area (Å²) in [5.74, 6) is 5.45. The van der Waals surface area contributed by atoms with E-state index in [2.05, 4.69) is 24.5 Å². The van der Waals surface area contributed by atoms with E-state index in [4.69, 9.17) is 123 Å². The molecule has 0 bridgehead atoms. The molecule has 8 rings (SSSR count). The molecular formula is C59H57Cl8FN4O4. The van der Waals surface area contributed by atoms with Crippen molar-refractivity contribution in [2.45, 2.75) is 45.2 Å². The molecule has 0 amide bonds. The second-order valence-corrected chi connectivity index (χ2v) is 20.2. The van der Waals surface area contributed by atoms with Gasteiger partial charge < -0.3 is 41.0 Å². The van der Waals surface area contributed by atoms with Crippen LogP contribution in [0.3, 0.4) is 0 Å². The van der Waals surface area contributed by atoms with E-state index in [0.29, 0.717) is 88.6 Å². The number of nitrogens with two attached hydrogens (primary N) is 2. The fourth-order valence-electron chi connectivity index (χ4n) is 6.91. The van der Waals surface area contributed by atoms with Gasteiger partial charge in [-0.15, -0.1) is 0 Å². The number of halogens is 9. The van der Waals surface area contributed by atoms with Crippen LogP contribution in [0.15, 0.2) is 164 Å². The van der Waals surface area contributed by atoms with Crippen molar-refractivity contribution in [1.29, 1.82) is 0 Å². The first-order valence-electron chi connectivity index (χ1n) is 23.7. The zero-order chi connectivity index (χ0) is 55.3. The van der Waals surface area contributed by atoms with E-state index in [0.717, 1.165) is 39.5 Å². The maximum Gasteiger partial charge on any atom is 0.133 e. The zero-order valence-electron chi connectivity index (χ0n) is 42.1. The summed E-state index contributed by atoms with van der Waals surface area (Å²) >= 11 is 47.3. The number of benzene rings is 8. The Labute approximate surface area is 485 Å². The lowest BCUT2D eigenvalue weighted by Crippen LogP contribution is -2.13. The van der Waals surface area contributed by atoms with Crippen LogP contribution in [0.2, 0.25) is 40.2 Å². The quantitative estimate of drug-likeness (QED) is 0.0757. The smallest absolute Gasteiger partial charge is 0.133 e. The highest BCUT2D eigenvalue weighted by atomic mass is 35.5. The molecule has 0 aliphatic carbocycles. The third-order valence-electron chi connectivity index (χ3n) is 11.3. The van der Waals surface area contributed by atoms with Crippen LogP contribution in [0.5, 0.6) is 46.0 Å². The SMILES string of the molecule is CC(CN)c1cc(F)ccc1Oc1ccc(Cl)c(Cl)c1.CC(CN)c1ccccc1Oc1ccc(Cl)cc1.CNC(C)c1ccccc1Oc1ccc(Cl)c(Cl)c1.CNCc1ccc(Cl)cc1Oc1ccc(Cl)c(Cl)c1. The molecule has 0 heterocycles. The second-order valence-electron chi connectivity index (χ2n) is 16.9. The molecule has 0 saturated heterocycles. The molecule has 8 aromatic rings. The average molecular weight is 1190 g/mol. The van der Waals surface area contributed by atoms with Crippen LogP contribution < -0.4 is 41.0 Å². The first-order chi connectivity index (χ1) is 36.4. The van der Waals surface area contributed by atoms with E-state index in [9.17, 15) is 4.39 Å². The number of hydrogen-bond acceptors (Lipinski definition) is 8. The lowest BCUT2D eigenvalue weighted by molar-refractivity contribution is 0.466. The van der Waals surface area contributed by atoms with Gasteiger partial charge in [-0.1, -0.05) is 149 Å². The molecule has 6 N–H and O–H groups in total. The van der Waals surface area contributed by atoms with Gasteiger partial charge >= 0.3 is 0 Å². The number of rotatable bonds is 16. The third kappa shape index (κ3) is 19.2. The normalized spacial score (nSPS) is 11.8. The molecule has 76 heavy (non-hydrogen) atoms. The van der Waals surface area contributed by atoms with Crippen molar-refractivity contribution in [3.8, 4) is 46.0 Å². The molecule has 0 aliphatic rings. The van der Waals surface area contributed by atoms with E-state index < -0.39 is 0 Å². The van der Waals surface area contributed by atoms with Gasteiger partial charge in [0.05, 0.1) is 30.1 Å². The molecule has 0 radical (unpaired) electrons. The van der Waals surface area contributed by atoms with Crippen molar-refractivity contribution in [1.82, 2.24) is 10.6 Å². The maximum absolute atomic E-state index is 13.4. The standard InChI is InChI=1S/C15H14Cl2FNO.C15H15Cl2NO.C15H16ClNO.C14H12Cl3NO/c1-9(8-19)12-6-10(18)2-5-15(12)20-11-3-4-13(16)14(17)7-11;1-10(18-2)12-5-3-4-6-15(12)19-11-7-8-13(16)14(17)9-11;1-11(10-17)14-4-2-3-5-15(14)18-13-8-6-12(16)7-9-13;1-18-8-9-2-3-10(15)6-14(9)19-11-4-5-12(16)13(17)7-11/h2-7,9H,8,19H2,1H3;3-10,18H,1-2H3;2-9,11H,10,17H2,1H3;2-7,18H,8H2,1H3. The largest absolute Gasteiger partial charge is 0.457 e. The van der Waals surface area contributed by atoms with Crippen molar-refractivity contribution in [3.63, 3.8) is 0 Å². The zero-order valence-corrected chi connectivity index (χ0v) is 48.2. The van der Waals surface area contributed by atoms with E-state index >= 15 is 0 Å². The Balaban J connectivity index is 0.000000187. The maximum atomic E-state index is 13.4. The van der Waals surface area contributed by atoms with Gasteiger partial charge in [0.2, 0.25) is 0 Å². The summed E-state index contributed by atoms with van der Waals surface area (Å²) < 4.78 is 36.7. The van der Waals surface area contributed by atoms with Gasteiger partial charge in [-0.05, 0) is 155 Å². The topological polar surface area (TPSA) is 113 Å². The van der Waals surface area contributed by atoms with E-state index in [1.165, 1.54) is 12.1 Å². The molecule has 0 saturated carbocycles. The second kappa shape index (κ2) is 31.5. The summed E-state index contributed by atoms with van der Waals surface area (Å²) in [4.78, 5) is 0. The molecule has 17 heteroatoms. The molecule has 3 unspecified atom stereocenters. The molecule has 0 aliphatic heterocycles. The van der Waals surface area contributed by atoms with Crippen LogP contribution in [0.25, 0.3) is 0 Å². The fourth-order valence-corrected chi connectivity index (χ4v) is 8.06. The average Bonchev–Trinajstić information content (AvgIpc) is 3.41. The number of para-hydroxylation sites is 2. The molecule has 400 valence electrons. The Morgan fingerprint density at radius 2 is 0.842 bits per heavy atom. The minimum absolute atomic E-state index is 0.0107. The molecule has 0 spiro atoms. The lowest BCUT2D eigenvalue weighted by atomic mass is 10.0. The minimum Gasteiger partial charge on any atom is -0.457 e. The van der Waals surface area contributed by atoms with Crippen molar-refractivity contribution >= 4 is 92.8 Å². The fraction of sp³-hybridized carbons (Fsp3) is 0.186. The number of ether oxygens (including phenoxy) is 4. The Morgan fingerprint density at radius 1 is 0.421 bits per heavy atom. The van der Waals surface area contributed by atoms with E-state index in [1.54, 1.807) is 66.7 Å². The van der Waals surface area contributed by atoms with Gasteiger partial charge in [0, 0.05) is 57.5 Å². The predicted molar refractivity (Wildman–Crippen MR) is 317 cm³/mol. The van der Waals surface area contributed by atoms with E-state index in [-0.39, 0.29) is 23.7 Å². The summed E-state index contributed by atoms with van der Waals surface area (Å²) in [6.45, 7) is 7.77. The van der Waals surface area contributed by atoms with Crippen LogP contribution in [0, 0.1) is 5.82 Å². The number of hydrogen-bond donors (Lipinski definition) is 4. The minimum atomic E-state index is -0.318. The van der Waals surface area contributed by atoms with E-state index in [1.807, 2.05) is 106 Å². The molecule has 8 aromatic carbocycles. The summed E-state index contributed by atoms with van der Waals surface area (Å²) in [5.41, 5.74) is 15.3. The monoisotopic (exact) mass is 1180 g/mol. The van der Waals surface area contributed by atoms with Crippen LogP contribution >= 0.6 is 92.8 Å². The van der Waals surface area contributed by atoms with Crippen molar-refractivity contribution < 1.29 is 23.3 Å².